The van der Waals surface area contributed by atoms with Crippen LogP contribution in [0.3, 0.4) is 0 Å². The highest BCUT2D eigenvalue weighted by molar-refractivity contribution is 6.12. The Morgan fingerprint density at radius 3 is 2.06 bits per heavy atom. The summed E-state index contributed by atoms with van der Waals surface area (Å²) in [6.45, 7) is 6.07. The van der Waals surface area contributed by atoms with Gasteiger partial charge in [0.05, 0.1) is 6.10 Å². The quantitative estimate of drug-likeness (QED) is 0.334. The van der Waals surface area contributed by atoms with E-state index in [9.17, 15) is 4.79 Å². The topological polar surface area (TPSA) is 57.1 Å². The molecule has 0 saturated heterocycles. The zero-order chi connectivity index (χ0) is 22.5. The predicted molar refractivity (Wildman–Crippen MR) is 125 cm³/mol. The first-order chi connectivity index (χ1) is 15.5. The zero-order valence-electron chi connectivity index (χ0n) is 18.4. The third-order valence-corrected chi connectivity index (χ3v) is 4.84. The number of cyclic esters (lactones) is 1. The molecular weight excluding hydrogens is 402 g/mol. The normalized spacial score (nSPS) is 14.4. The second-order valence-corrected chi connectivity index (χ2v) is 7.70. The van der Waals surface area contributed by atoms with Gasteiger partial charge in [0.15, 0.2) is 5.70 Å². The van der Waals surface area contributed by atoms with Crippen molar-refractivity contribution < 1.29 is 19.0 Å². The number of ether oxygens (including phenoxy) is 3. The van der Waals surface area contributed by atoms with E-state index in [2.05, 4.69) is 24.0 Å². The second kappa shape index (κ2) is 9.52. The summed E-state index contributed by atoms with van der Waals surface area (Å²) in [4.78, 5) is 16.7. The molecule has 0 radical (unpaired) electrons. The van der Waals surface area contributed by atoms with Gasteiger partial charge < -0.3 is 14.2 Å². The molecule has 0 aliphatic carbocycles. The number of carbonyl (C=O) groups is 1. The zero-order valence-corrected chi connectivity index (χ0v) is 18.4. The number of aryl methyl sites for hydroxylation is 1. The van der Waals surface area contributed by atoms with Crippen LogP contribution >= 0.6 is 0 Å². The summed E-state index contributed by atoms with van der Waals surface area (Å²) in [5, 5.41) is 0. The first kappa shape index (κ1) is 21.4. The van der Waals surface area contributed by atoms with Crippen molar-refractivity contribution >= 4 is 17.9 Å². The molecule has 5 heteroatoms. The number of hydrogen-bond donors (Lipinski definition) is 0. The number of aliphatic imine (C=N–C) groups is 1. The van der Waals surface area contributed by atoms with E-state index in [1.165, 1.54) is 5.56 Å². The third kappa shape index (κ3) is 5.24. The van der Waals surface area contributed by atoms with Crippen LogP contribution < -0.4 is 9.47 Å². The number of esters is 1. The van der Waals surface area contributed by atoms with Crippen molar-refractivity contribution in [3.63, 3.8) is 0 Å². The Bertz CT molecular complexity index is 1140. The summed E-state index contributed by atoms with van der Waals surface area (Å²) in [6.07, 6.45) is 2.80. The van der Waals surface area contributed by atoms with Crippen LogP contribution in [0, 0.1) is 0 Å². The second-order valence-electron chi connectivity index (χ2n) is 7.70. The Balaban J connectivity index is 1.46. The van der Waals surface area contributed by atoms with Crippen molar-refractivity contribution in [2.45, 2.75) is 33.3 Å². The third-order valence-electron chi connectivity index (χ3n) is 4.84. The maximum atomic E-state index is 12.3. The van der Waals surface area contributed by atoms with Gasteiger partial charge in [-0.05, 0) is 86.0 Å². The lowest BCUT2D eigenvalue weighted by Gasteiger charge is -2.09. The van der Waals surface area contributed by atoms with E-state index in [4.69, 9.17) is 14.2 Å². The fourth-order valence-corrected chi connectivity index (χ4v) is 3.20. The molecule has 0 unspecified atom stereocenters. The molecule has 0 spiro atoms. The SMILES string of the molecule is CCc1ccc(Oc2ccc(C3=NC(=Cc4ccc(OC(C)C)cc4)C(=O)O3)cc2)cc1. The lowest BCUT2D eigenvalue weighted by atomic mass is 10.2. The van der Waals surface area contributed by atoms with Gasteiger partial charge in [0.25, 0.3) is 0 Å². The fraction of sp³-hybridized carbons (Fsp3) is 0.185. The summed E-state index contributed by atoms with van der Waals surface area (Å²) in [5.74, 6) is 2.06. The monoisotopic (exact) mass is 427 g/mol. The van der Waals surface area contributed by atoms with Crippen LogP contribution in [-0.2, 0) is 16.0 Å². The number of rotatable bonds is 7. The molecule has 0 atom stereocenters. The van der Waals surface area contributed by atoms with Gasteiger partial charge in [0.1, 0.15) is 17.2 Å². The van der Waals surface area contributed by atoms with Crippen molar-refractivity contribution in [2.24, 2.45) is 4.99 Å². The Kier molecular flexibility index (Phi) is 6.36. The highest BCUT2D eigenvalue weighted by Crippen LogP contribution is 2.25. The van der Waals surface area contributed by atoms with Gasteiger partial charge >= 0.3 is 5.97 Å². The molecule has 0 bridgehead atoms. The Morgan fingerprint density at radius 2 is 1.47 bits per heavy atom. The van der Waals surface area contributed by atoms with Gasteiger partial charge in [-0.25, -0.2) is 9.79 Å². The van der Waals surface area contributed by atoms with E-state index in [1.807, 2.05) is 74.5 Å². The van der Waals surface area contributed by atoms with Gasteiger partial charge in [-0.2, -0.15) is 0 Å². The lowest BCUT2D eigenvalue weighted by molar-refractivity contribution is -0.129. The minimum absolute atomic E-state index is 0.106. The molecule has 0 fully saturated rings. The molecule has 1 aliphatic rings. The van der Waals surface area contributed by atoms with E-state index < -0.39 is 5.97 Å². The Hall–Kier alpha value is -3.86. The Labute approximate surface area is 188 Å². The predicted octanol–water partition coefficient (Wildman–Crippen LogP) is 6.17. The van der Waals surface area contributed by atoms with Gasteiger partial charge in [-0.1, -0.05) is 31.2 Å². The van der Waals surface area contributed by atoms with E-state index in [-0.39, 0.29) is 17.7 Å². The first-order valence-electron chi connectivity index (χ1n) is 10.7. The van der Waals surface area contributed by atoms with E-state index in [0.29, 0.717) is 11.3 Å². The average molecular weight is 428 g/mol. The van der Waals surface area contributed by atoms with Crippen molar-refractivity contribution in [2.75, 3.05) is 0 Å². The highest BCUT2D eigenvalue weighted by Gasteiger charge is 2.24. The number of hydrogen-bond acceptors (Lipinski definition) is 5. The van der Waals surface area contributed by atoms with Crippen molar-refractivity contribution in [3.8, 4) is 17.2 Å². The summed E-state index contributed by atoms with van der Waals surface area (Å²) < 4.78 is 16.9. The van der Waals surface area contributed by atoms with Crippen LogP contribution in [0.25, 0.3) is 6.08 Å². The average Bonchev–Trinajstić information content (AvgIpc) is 3.16. The molecule has 32 heavy (non-hydrogen) atoms. The summed E-state index contributed by atoms with van der Waals surface area (Å²) >= 11 is 0. The highest BCUT2D eigenvalue weighted by atomic mass is 16.6. The molecule has 0 aromatic heterocycles. The molecule has 1 heterocycles. The van der Waals surface area contributed by atoms with E-state index >= 15 is 0 Å². The van der Waals surface area contributed by atoms with E-state index in [1.54, 1.807) is 6.08 Å². The molecule has 5 nitrogen and oxygen atoms in total. The molecule has 4 rings (SSSR count). The van der Waals surface area contributed by atoms with Crippen LogP contribution in [-0.4, -0.2) is 18.0 Å². The fourth-order valence-electron chi connectivity index (χ4n) is 3.20. The van der Waals surface area contributed by atoms with Crippen molar-refractivity contribution in [1.82, 2.24) is 0 Å². The maximum absolute atomic E-state index is 12.3. The lowest BCUT2D eigenvalue weighted by Crippen LogP contribution is -2.05. The standard InChI is InChI=1S/C27H25NO4/c1-4-19-5-11-23(12-6-19)31-24-15-9-21(10-16-24)26-28-25(27(29)32-26)17-20-7-13-22(14-8-20)30-18(2)3/h5-18H,4H2,1-3H3. The minimum Gasteiger partial charge on any atom is -0.491 e. The van der Waals surface area contributed by atoms with Crippen LogP contribution in [0.5, 0.6) is 17.2 Å². The molecule has 1 aliphatic heterocycles. The summed E-state index contributed by atoms with van der Waals surface area (Å²) in [6, 6.07) is 22.8. The van der Waals surface area contributed by atoms with Crippen LogP contribution in [0.2, 0.25) is 0 Å². The largest absolute Gasteiger partial charge is 0.491 e. The number of nitrogens with zero attached hydrogens (tertiary/aromatic N) is 1. The minimum atomic E-state index is -0.473. The number of benzene rings is 3. The molecule has 162 valence electrons. The molecule has 3 aromatic carbocycles. The van der Waals surface area contributed by atoms with Gasteiger partial charge in [0.2, 0.25) is 5.90 Å². The molecular formula is C27H25NO4. The summed E-state index contributed by atoms with van der Waals surface area (Å²) in [5.41, 5.74) is 3.07. The molecule has 0 amide bonds. The van der Waals surface area contributed by atoms with Gasteiger partial charge in [-0.3, -0.25) is 0 Å². The van der Waals surface area contributed by atoms with E-state index in [0.717, 1.165) is 23.5 Å². The molecule has 3 aromatic rings. The molecule has 0 saturated carbocycles. The molecule has 0 N–H and O–H groups in total. The van der Waals surface area contributed by atoms with Crippen molar-refractivity contribution in [3.05, 3.63) is 95.2 Å². The van der Waals surface area contributed by atoms with Crippen LogP contribution in [0.15, 0.2) is 83.5 Å². The summed E-state index contributed by atoms with van der Waals surface area (Å²) in [7, 11) is 0. The van der Waals surface area contributed by atoms with Crippen LogP contribution in [0.1, 0.15) is 37.5 Å². The number of carbonyl (C=O) groups excluding carboxylic acids is 1. The van der Waals surface area contributed by atoms with Gasteiger partial charge in [-0.15, -0.1) is 0 Å². The van der Waals surface area contributed by atoms with Gasteiger partial charge in [0, 0.05) is 5.56 Å². The smallest absolute Gasteiger partial charge is 0.363 e. The first-order valence-corrected chi connectivity index (χ1v) is 10.7. The van der Waals surface area contributed by atoms with Crippen LogP contribution in [0.4, 0.5) is 0 Å². The van der Waals surface area contributed by atoms with Crippen molar-refractivity contribution in [1.29, 1.82) is 0 Å². The maximum Gasteiger partial charge on any atom is 0.363 e. The Morgan fingerprint density at radius 1 is 0.875 bits per heavy atom.